The van der Waals surface area contributed by atoms with Crippen LogP contribution in [0, 0.1) is 0 Å². The molecule has 0 aliphatic heterocycles. The lowest BCUT2D eigenvalue weighted by molar-refractivity contribution is 0.405. The van der Waals surface area contributed by atoms with E-state index in [1.165, 1.54) is 17.4 Å². The molecule has 0 unspecified atom stereocenters. The molecule has 0 radical (unpaired) electrons. The van der Waals surface area contributed by atoms with Gasteiger partial charge >= 0.3 is 0 Å². The molecule has 0 spiro atoms. The first-order valence-electron chi connectivity index (χ1n) is 5.23. The maximum Gasteiger partial charge on any atom is 0.167 e. The highest BCUT2D eigenvalue weighted by molar-refractivity contribution is 7.22. The average molecular weight is 278 g/mol. The quantitative estimate of drug-likeness (QED) is 0.660. The molecular weight excluding hydrogens is 270 g/mol. The van der Waals surface area contributed by atoms with E-state index in [0.717, 1.165) is 10.2 Å². The summed E-state index contributed by atoms with van der Waals surface area (Å²) in [4.78, 5) is 4.41. The molecule has 3 aromatic rings. The molecule has 1 heterocycles. The molecule has 2 aromatic carbocycles. The summed E-state index contributed by atoms with van der Waals surface area (Å²) < 4.78 is 0.872. The fraction of sp³-hybridized carbons (Fsp3) is 0. The number of hydrogen-bond acceptors (Lipinski definition) is 4. The van der Waals surface area contributed by atoms with Crippen LogP contribution < -0.4 is 0 Å². The zero-order valence-corrected chi connectivity index (χ0v) is 10.7. The number of benzene rings is 2. The predicted octanol–water partition coefficient (Wildman–Crippen LogP) is 4.03. The van der Waals surface area contributed by atoms with E-state index in [2.05, 4.69) is 4.98 Å². The van der Waals surface area contributed by atoms with E-state index in [0.29, 0.717) is 15.6 Å². The summed E-state index contributed by atoms with van der Waals surface area (Å²) in [5, 5.41) is 20.6. The maximum atomic E-state index is 9.83. The summed E-state index contributed by atoms with van der Waals surface area (Å²) in [5.41, 5.74) is 1.29. The largest absolute Gasteiger partial charge is 0.504 e. The van der Waals surface area contributed by atoms with Crippen molar-refractivity contribution in [2.24, 2.45) is 0 Å². The molecule has 5 heteroatoms. The van der Waals surface area contributed by atoms with E-state index < -0.39 is 0 Å². The Labute approximate surface area is 112 Å². The van der Waals surface area contributed by atoms with Crippen LogP contribution in [-0.2, 0) is 0 Å². The second-order valence-corrected chi connectivity index (χ2v) is 5.19. The number of nitrogens with zero attached hydrogens (tertiary/aromatic N) is 1. The van der Waals surface area contributed by atoms with E-state index >= 15 is 0 Å². The van der Waals surface area contributed by atoms with Crippen molar-refractivity contribution in [2.45, 2.75) is 0 Å². The smallest absolute Gasteiger partial charge is 0.167 e. The highest BCUT2D eigenvalue weighted by Gasteiger charge is 2.13. The van der Waals surface area contributed by atoms with Gasteiger partial charge in [0.05, 0.1) is 20.8 Å². The zero-order chi connectivity index (χ0) is 12.7. The van der Waals surface area contributed by atoms with Crippen molar-refractivity contribution in [1.29, 1.82) is 0 Å². The van der Waals surface area contributed by atoms with Crippen LogP contribution in [-0.4, -0.2) is 15.2 Å². The van der Waals surface area contributed by atoms with Gasteiger partial charge in [0.25, 0.3) is 0 Å². The second-order valence-electron chi connectivity index (χ2n) is 3.78. The van der Waals surface area contributed by atoms with Crippen molar-refractivity contribution in [2.75, 3.05) is 0 Å². The van der Waals surface area contributed by atoms with Crippen LogP contribution in [0.25, 0.3) is 20.8 Å². The minimum Gasteiger partial charge on any atom is -0.504 e. The lowest BCUT2D eigenvalue weighted by Crippen LogP contribution is -1.78. The van der Waals surface area contributed by atoms with Crippen LogP contribution in [0.3, 0.4) is 0 Å². The first-order valence-corrected chi connectivity index (χ1v) is 6.42. The molecule has 0 aliphatic carbocycles. The van der Waals surface area contributed by atoms with E-state index in [-0.39, 0.29) is 11.5 Å². The standard InChI is InChI=1S/C13H8ClNO2S/c14-8-4-2-5-9-12(8)18-13(15-9)7-3-1-6-10(16)11(7)17/h1-6,16-17H. The Balaban J connectivity index is 2.26. The van der Waals surface area contributed by atoms with E-state index in [1.54, 1.807) is 18.2 Å². The third-order valence-corrected chi connectivity index (χ3v) is 4.18. The first-order chi connectivity index (χ1) is 8.66. The Kier molecular flexibility index (Phi) is 2.61. The lowest BCUT2D eigenvalue weighted by atomic mass is 10.2. The van der Waals surface area contributed by atoms with Gasteiger partial charge in [0.2, 0.25) is 0 Å². The average Bonchev–Trinajstić information content (AvgIpc) is 2.78. The summed E-state index contributed by atoms with van der Waals surface area (Å²) in [5.74, 6) is -0.314. The Bertz CT molecular complexity index is 739. The van der Waals surface area contributed by atoms with E-state index in [1.807, 2.05) is 12.1 Å². The number of halogens is 1. The fourth-order valence-corrected chi connectivity index (χ4v) is 3.02. The molecule has 18 heavy (non-hydrogen) atoms. The maximum absolute atomic E-state index is 9.83. The highest BCUT2D eigenvalue weighted by Crippen LogP contribution is 2.40. The van der Waals surface area contributed by atoms with Gasteiger partial charge in [-0.3, -0.25) is 0 Å². The molecule has 3 rings (SSSR count). The van der Waals surface area contributed by atoms with Gasteiger partial charge in [0.1, 0.15) is 5.01 Å². The number of phenolic OH excluding ortho intramolecular Hbond substituents is 2. The van der Waals surface area contributed by atoms with Crippen LogP contribution in [0.5, 0.6) is 11.5 Å². The molecule has 0 bridgehead atoms. The lowest BCUT2D eigenvalue weighted by Gasteiger charge is -2.01. The summed E-state index contributed by atoms with van der Waals surface area (Å²) in [6.07, 6.45) is 0. The number of fused-ring (bicyclic) bond motifs is 1. The topological polar surface area (TPSA) is 53.4 Å². The number of aromatic nitrogens is 1. The molecular formula is C13H8ClNO2S. The third kappa shape index (κ3) is 1.70. The Morgan fingerprint density at radius 3 is 2.61 bits per heavy atom. The molecule has 0 amide bonds. The van der Waals surface area contributed by atoms with Gasteiger partial charge in [0.15, 0.2) is 11.5 Å². The normalized spacial score (nSPS) is 10.9. The predicted molar refractivity (Wildman–Crippen MR) is 73.4 cm³/mol. The van der Waals surface area contributed by atoms with Crippen LogP contribution in [0.2, 0.25) is 5.02 Å². The number of aromatic hydroxyl groups is 2. The van der Waals surface area contributed by atoms with Crippen molar-refractivity contribution in [1.82, 2.24) is 4.98 Å². The SMILES string of the molecule is Oc1cccc(-c2nc3cccc(Cl)c3s2)c1O. The van der Waals surface area contributed by atoms with Gasteiger partial charge in [-0.1, -0.05) is 23.7 Å². The number of para-hydroxylation sites is 1. The fourth-order valence-electron chi connectivity index (χ4n) is 1.73. The van der Waals surface area contributed by atoms with Gasteiger partial charge in [-0.15, -0.1) is 11.3 Å². The van der Waals surface area contributed by atoms with Gasteiger partial charge in [-0.2, -0.15) is 0 Å². The number of phenols is 2. The van der Waals surface area contributed by atoms with Crippen LogP contribution in [0.4, 0.5) is 0 Å². The van der Waals surface area contributed by atoms with Gasteiger partial charge in [-0.05, 0) is 24.3 Å². The molecule has 0 saturated heterocycles. The number of rotatable bonds is 1. The van der Waals surface area contributed by atoms with Crippen molar-refractivity contribution in [3.05, 3.63) is 41.4 Å². The van der Waals surface area contributed by atoms with Crippen LogP contribution in [0.1, 0.15) is 0 Å². The van der Waals surface area contributed by atoms with Crippen molar-refractivity contribution >= 4 is 33.2 Å². The Morgan fingerprint density at radius 2 is 1.83 bits per heavy atom. The van der Waals surface area contributed by atoms with Gasteiger partial charge < -0.3 is 10.2 Å². The number of thiazole rings is 1. The first kappa shape index (κ1) is 11.3. The van der Waals surface area contributed by atoms with Crippen LogP contribution >= 0.6 is 22.9 Å². The molecule has 90 valence electrons. The highest BCUT2D eigenvalue weighted by atomic mass is 35.5. The van der Waals surface area contributed by atoms with Gasteiger partial charge in [-0.25, -0.2) is 4.98 Å². The Morgan fingerprint density at radius 1 is 1.06 bits per heavy atom. The zero-order valence-electron chi connectivity index (χ0n) is 9.09. The third-order valence-electron chi connectivity index (χ3n) is 2.61. The van der Waals surface area contributed by atoms with Crippen molar-refractivity contribution in [3.63, 3.8) is 0 Å². The molecule has 3 nitrogen and oxygen atoms in total. The summed E-state index contributed by atoms with van der Waals surface area (Å²) >= 11 is 7.47. The van der Waals surface area contributed by atoms with E-state index in [9.17, 15) is 10.2 Å². The summed E-state index contributed by atoms with van der Waals surface area (Å²) in [6, 6.07) is 10.3. The van der Waals surface area contributed by atoms with E-state index in [4.69, 9.17) is 11.6 Å². The molecule has 0 saturated carbocycles. The van der Waals surface area contributed by atoms with Gasteiger partial charge in [0, 0.05) is 0 Å². The molecule has 0 aliphatic rings. The second kappa shape index (κ2) is 4.15. The monoisotopic (exact) mass is 277 g/mol. The molecule has 0 fully saturated rings. The Hall–Kier alpha value is -1.78. The summed E-state index contributed by atoms with van der Waals surface area (Å²) in [7, 11) is 0. The number of hydrogen-bond donors (Lipinski definition) is 2. The minimum atomic E-state index is -0.160. The van der Waals surface area contributed by atoms with Crippen molar-refractivity contribution < 1.29 is 10.2 Å². The minimum absolute atomic E-state index is 0.155. The molecule has 1 aromatic heterocycles. The molecule has 0 atom stereocenters. The summed E-state index contributed by atoms with van der Waals surface area (Å²) in [6.45, 7) is 0. The van der Waals surface area contributed by atoms with Crippen LogP contribution in [0.15, 0.2) is 36.4 Å². The van der Waals surface area contributed by atoms with Crippen molar-refractivity contribution in [3.8, 4) is 22.1 Å². The molecule has 2 N–H and O–H groups in total.